The molecule has 0 aliphatic heterocycles. The van der Waals surface area contributed by atoms with Gasteiger partial charge in [-0.2, -0.15) is 9.97 Å². The molecule has 0 bridgehead atoms. The number of aromatic nitrogens is 4. The molecule has 0 unspecified atom stereocenters. The summed E-state index contributed by atoms with van der Waals surface area (Å²) in [6.07, 6.45) is 2.09. The van der Waals surface area contributed by atoms with Gasteiger partial charge in [0, 0.05) is 13.1 Å². The molecule has 2 heterocycles. The minimum absolute atomic E-state index is 0.242. The highest BCUT2D eigenvalue weighted by Gasteiger charge is 2.14. The summed E-state index contributed by atoms with van der Waals surface area (Å²) in [6, 6.07) is 8.23. The van der Waals surface area contributed by atoms with Gasteiger partial charge >= 0.3 is 5.69 Å². The third-order valence-corrected chi connectivity index (χ3v) is 4.33. The van der Waals surface area contributed by atoms with Crippen LogP contribution in [0.25, 0.3) is 11.2 Å². The Balaban J connectivity index is 1.89. The van der Waals surface area contributed by atoms with Gasteiger partial charge in [-0.25, -0.2) is 4.79 Å². The Hall–Kier alpha value is -2.87. The fourth-order valence-corrected chi connectivity index (χ4v) is 2.95. The Morgan fingerprint density at radius 3 is 2.56 bits per heavy atom. The van der Waals surface area contributed by atoms with Crippen LogP contribution in [0.2, 0.25) is 0 Å². The number of nitrogens with two attached hydrogens (primary N) is 1. The Kier molecular flexibility index (Phi) is 5.75. The van der Waals surface area contributed by atoms with E-state index in [9.17, 15) is 4.79 Å². The lowest BCUT2D eigenvalue weighted by Gasteiger charge is -2.10. The van der Waals surface area contributed by atoms with Gasteiger partial charge in [0.2, 0.25) is 5.95 Å². The van der Waals surface area contributed by atoms with E-state index in [4.69, 9.17) is 5.73 Å². The molecule has 1 aromatic carbocycles. The summed E-state index contributed by atoms with van der Waals surface area (Å²) in [5, 5.41) is 3.17. The van der Waals surface area contributed by atoms with Gasteiger partial charge in [-0.1, -0.05) is 37.6 Å². The first-order chi connectivity index (χ1) is 13.0. The fourth-order valence-electron chi connectivity index (χ4n) is 2.95. The first-order valence-electron chi connectivity index (χ1n) is 9.20. The van der Waals surface area contributed by atoms with Crippen molar-refractivity contribution in [2.75, 3.05) is 31.7 Å². The molecule has 0 aliphatic carbocycles. The van der Waals surface area contributed by atoms with Gasteiger partial charge in [-0.3, -0.25) is 4.57 Å². The molecule has 0 fully saturated rings. The summed E-state index contributed by atoms with van der Waals surface area (Å²) in [7, 11) is 4.07. The molecule has 0 atom stereocenters. The van der Waals surface area contributed by atoms with Crippen LogP contribution < -0.4 is 16.7 Å². The summed E-state index contributed by atoms with van der Waals surface area (Å²) in [4.78, 5) is 26.1. The van der Waals surface area contributed by atoms with Crippen LogP contribution in [0.4, 0.5) is 11.8 Å². The second kappa shape index (κ2) is 8.22. The number of aromatic amines is 1. The SMILES string of the molecule is CCCCNc1nc(N)c2[nH]c(=O)n(Cc3ccc(CN(C)C)cc3)c2n1. The number of nitrogens with zero attached hydrogens (tertiary/aromatic N) is 4. The normalized spacial score (nSPS) is 11.4. The lowest BCUT2D eigenvalue weighted by molar-refractivity contribution is 0.402. The van der Waals surface area contributed by atoms with Crippen molar-refractivity contribution in [3.63, 3.8) is 0 Å². The van der Waals surface area contributed by atoms with Crippen molar-refractivity contribution in [3.05, 3.63) is 45.9 Å². The van der Waals surface area contributed by atoms with Gasteiger partial charge in [0.25, 0.3) is 0 Å². The lowest BCUT2D eigenvalue weighted by atomic mass is 10.1. The lowest BCUT2D eigenvalue weighted by Crippen LogP contribution is -2.18. The maximum Gasteiger partial charge on any atom is 0.328 e. The molecular weight excluding hydrogens is 342 g/mol. The molecule has 8 heteroatoms. The van der Waals surface area contributed by atoms with Crippen LogP contribution in [0.5, 0.6) is 0 Å². The van der Waals surface area contributed by atoms with Gasteiger partial charge in [-0.05, 0) is 31.6 Å². The van der Waals surface area contributed by atoms with E-state index in [0.717, 1.165) is 31.5 Å². The average molecular weight is 369 g/mol. The van der Waals surface area contributed by atoms with Crippen molar-refractivity contribution < 1.29 is 0 Å². The second-order valence-corrected chi connectivity index (χ2v) is 6.98. The molecular formula is C19H27N7O. The molecule has 0 amide bonds. The highest BCUT2D eigenvalue weighted by molar-refractivity contribution is 5.82. The predicted octanol–water partition coefficient (Wildman–Crippen LogP) is 2.02. The van der Waals surface area contributed by atoms with E-state index in [-0.39, 0.29) is 11.5 Å². The molecule has 27 heavy (non-hydrogen) atoms. The van der Waals surface area contributed by atoms with E-state index in [1.54, 1.807) is 4.57 Å². The number of anilines is 2. The maximum absolute atomic E-state index is 12.4. The van der Waals surface area contributed by atoms with E-state index in [2.05, 4.69) is 44.2 Å². The Morgan fingerprint density at radius 2 is 1.89 bits per heavy atom. The van der Waals surface area contributed by atoms with Crippen molar-refractivity contribution in [2.45, 2.75) is 32.9 Å². The number of imidazole rings is 1. The summed E-state index contributed by atoms with van der Waals surface area (Å²) in [5.41, 5.74) is 9.03. The number of H-pyrrole nitrogens is 1. The maximum atomic E-state index is 12.4. The molecule has 8 nitrogen and oxygen atoms in total. The molecule has 0 radical (unpaired) electrons. The largest absolute Gasteiger partial charge is 0.382 e. The average Bonchev–Trinajstić information content (AvgIpc) is 2.93. The molecule has 3 rings (SSSR count). The summed E-state index contributed by atoms with van der Waals surface area (Å²) >= 11 is 0. The van der Waals surface area contributed by atoms with E-state index in [1.165, 1.54) is 5.56 Å². The van der Waals surface area contributed by atoms with Crippen molar-refractivity contribution in [2.24, 2.45) is 0 Å². The second-order valence-electron chi connectivity index (χ2n) is 6.98. The quantitative estimate of drug-likeness (QED) is 0.525. The highest BCUT2D eigenvalue weighted by Crippen LogP contribution is 2.17. The monoisotopic (exact) mass is 369 g/mol. The third kappa shape index (κ3) is 4.46. The highest BCUT2D eigenvalue weighted by atomic mass is 16.1. The fraction of sp³-hybridized carbons (Fsp3) is 0.421. The molecule has 0 aliphatic rings. The molecule has 2 aromatic heterocycles. The minimum Gasteiger partial charge on any atom is -0.382 e. The Bertz CT molecular complexity index is 957. The first kappa shape index (κ1) is 18.9. The molecule has 0 saturated carbocycles. The first-order valence-corrected chi connectivity index (χ1v) is 9.20. The van der Waals surface area contributed by atoms with Crippen molar-refractivity contribution in [1.29, 1.82) is 0 Å². The smallest absolute Gasteiger partial charge is 0.328 e. The zero-order valence-electron chi connectivity index (χ0n) is 16.1. The van der Waals surface area contributed by atoms with E-state index >= 15 is 0 Å². The number of fused-ring (bicyclic) bond motifs is 1. The Labute approximate surface area is 158 Å². The molecule has 0 spiro atoms. The Morgan fingerprint density at radius 1 is 1.19 bits per heavy atom. The zero-order chi connectivity index (χ0) is 19.4. The van der Waals surface area contributed by atoms with Crippen LogP contribution in [-0.4, -0.2) is 45.1 Å². The number of nitrogen functional groups attached to an aromatic ring is 1. The topological polar surface area (TPSA) is 105 Å². The van der Waals surface area contributed by atoms with Gasteiger partial charge in [0.05, 0.1) is 6.54 Å². The van der Waals surface area contributed by atoms with Crippen LogP contribution in [0, 0.1) is 0 Å². The number of hydrogen-bond donors (Lipinski definition) is 3. The molecule has 0 saturated heterocycles. The van der Waals surface area contributed by atoms with Crippen molar-refractivity contribution in [3.8, 4) is 0 Å². The number of benzene rings is 1. The van der Waals surface area contributed by atoms with Crippen LogP contribution in [-0.2, 0) is 13.1 Å². The summed E-state index contributed by atoms with van der Waals surface area (Å²) in [5.74, 6) is 0.721. The molecule has 144 valence electrons. The van der Waals surface area contributed by atoms with E-state index in [0.29, 0.717) is 23.7 Å². The summed E-state index contributed by atoms with van der Waals surface area (Å²) < 4.78 is 1.60. The van der Waals surface area contributed by atoms with Crippen LogP contribution in [0.1, 0.15) is 30.9 Å². The number of unbranched alkanes of at least 4 members (excludes halogenated alkanes) is 1. The van der Waals surface area contributed by atoms with Gasteiger partial charge in [0.1, 0.15) is 5.52 Å². The third-order valence-electron chi connectivity index (χ3n) is 4.33. The predicted molar refractivity (Wildman–Crippen MR) is 109 cm³/mol. The van der Waals surface area contributed by atoms with Gasteiger partial charge in [-0.15, -0.1) is 0 Å². The van der Waals surface area contributed by atoms with Crippen molar-refractivity contribution >= 4 is 22.9 Å². The minimum atomic E-state index is -0.242. The van der Waals surface area contributed by atoms with E-state index < -0.39 is 0 Å². The standard InChI is InChI=1S/C19H27N7O/c1-4-5-10-21-18-23-16(20)15-17(24-18)26(19(27)22-15)12-14-8-6-13(7-9-14)11-25(2)3/h6-9H,4-5,10-12H2,1-3H3,(H,22,27)(H3,20,21,23,24). The van der Waals surface area contributed by atoms with Crippen LogP contribution in [0.3, 0.4) is 0 Å². The van der Waals surface area contributed by atoms with Gasteiger partial charge in [0.15, 0.2) is 11.5 Å². The zero-order valence-corrected chi connectivity index (χ0v) is 16.1. The summed E-state index contributed by atoms with van der Waals surface area (Å²) in [6.45, 7) is 4.19. The number of rotatable bonds is 8. The number of hydrogen-bond acceptors (Lipinski definition) is 6. The van der Waals surface area contributed by atoms with Crippen molar-refractivity contribution in [1.82, 2.24) is 24.4 Å². The van der Waals surface area contributed by atoms with Crippen LogP contribution >= 0.6 is 0 Å². The molecule has 3 aromatic rings. The number of nitrogens with one attached hydrogen (secondary N) is 2. The van der Waals surface area contributed by atoms with E-state index in [1.807, 2.05) is 26.2 Å². The molecule has 4 N–H and O–H groups in total. The van der Waals surface area contributed by atoms with Gasteiger partial charge < -0.3 is 20.9 Å². The van der Waals surface area contributed by atoms with Crippen LogP contribution in [0.15, 0.2) is 29.1 Å².